The standard InChI is InChI=1S/C50H98NO8P/c1-6-8-10-12-14-16-18-20-22-24-25-27-29-31-33-35-37-39-41-43-50(53)59-48(47-58-60(54,55)57-45-44-51(3,4)5)46-56-49(52)42-40-38-36-34-32-30-28-26-23-21-19-17-15-13-11-9-7-2/h20,22,48H,6-19,21,23-47H2,1-5H3/b22-20-. The average Bonchev–Trinajstić information content (AvgIpc) is 3.20. The van der Waals surface area contributed by atoms with E-state index in [4.69, 9.17) is 18.5 Å². The Balaban J connectivity index is 4.23. The lowest BCUT2D eigenvalue weighted by Gasteiger charge is -2.28. The third kappa shape index (κ3) is 46.3. The van der Waals surface area contributed by atoms with E-state index in [2.05, 4.69) is 26.0 Å². The molecule has 0 aliphatic heterocycles. The van der Waals surface area contributed by atoms with Gasteiger partial charge in [-0.15, -0.1) is 0 Å². The number of nitrogens with zero attached hydrogens (tertiary/aromatic N) is 1. The van der Waals surface area contributed by atoms with Gasteiger partial charge in [0, 0.05) is 12.8 Å². The fraction of sp³-hybridized carbons (Fsp3) is 0.920. The highest BCUT2D eigenvalue weighted by Crippen LogP contribution is 2.38. The molecule has 9 nitrogen and oxygen atoms in total. The number of esters is 2. The molecule has 0 bridgehead atoms. The second-order valence-electron chi connectivity index (χ2n) is 18.5. The van der Waals surface area contributed by atoms with Gasteiger partial charge >= 0.3 is 11.9 Å². The largest absolute Gasteiger partial charge is 0.756 e. The van der Waals surface area contributed by atoms with Crippen LogP contribution < -0.4 is 4.89 Å². The molecule has 60 heavy (non-hydrogen) atoms. The molecule has 0 heterocycles. The molecule has 0 aliphatic carbocycles. The van der Waals surface area contributed by atoms with E-state index in [0.717, 1.165) is 38.5 Å². The van der Waals surface area contributed by atoms with E-state index in [-0.39, 0.29) is 32.0 Å². The Morgan fingerprint density at radius 2 is 0.850 bits per heavy atom. The topological polar surface area (TPSA) is 111 Å². The summed E-state index contributed by atoms with van der Waals surface area (Å²) in [5, 5.41) is 0. The van der Waals surface area contributed by atoms with Crippen molar-refractivity contribution in [3.8, 4) is 0 Å². The second kappa shape index (κ2) is 43.0. The van der Waals surface area contributed by atoms with E-state index in [1.54, 1.807) is 0 Å². The van der Waals surface area contributed by atoms with Crippen molar-refractivity contribution in [1.82, 2.24) is 0 Å². The molecule has 0 aromatic carbocycles. The molecule has 0 aromatic heterocycles. The molecule has 0 saturated carbocycles. The molecule has 0 amide bonds. The molecule has 0 N–H and O–H groups in total. The van der Waals surface area contributed by atoms with E-state index in [1.807, 2.05) is 21.1 Å². The second-order valence-corrected chi connectivity index (χ2v) is 20.0. The van der Waals surface area contributed by atoms with Crippen LogP contribution in [0.15, 0.2) is 12.2 Å². The summed E-state index contributed by atoms with van der Waals surface area (Å²) in [4.78, 5) is 37.7. The van der Waals surface area contributed by atoms with Gasteiger partial charge in [-0.1, -0.05) is 206 Å². The Labute approximate surface area is 371 Å². The lowest BCUT2D eigenvalue weighted by molar-refractivity contribution is -0.870. The Hall–Kier alpha value is -1.25. The van der Waals surface area contributed by atoms with E-state index < -0.39 is 26.5 Å². The number of quaternary nitrogens is 1. The van der Waals surface area contributed by atoms with Gasteiger partial charge in [0.2, 0.25) is 0 Å². The molecule has 0 aliphatic rings. The van der Waals surface area contributed by atoms with Gasteiger partial charge in [0.1, 0.15) is 19.8 Å². The fourth-order valence-corrected chi connectivity index (χ4v) is 8.03. The summed E-state index contributed by atoms with van der Waals surface area (Å²) in [5.41, 5.74) is 0. The van der Waals surface area contributed by atoms with Gasteiger partial charge in [0.05, 0.1) is 27.7 Å². The van der Waals surface area contributed by atoms with Gasteiger partial charge in [0.15, 0.2) is 6.10 Å². The minimum Gasteiger partial charge on any atom is -0.756 e. The first-order chi connectivity index (χ1) is 29.0. The molecule has 0 aromatic rings. The molecule has 0 rings (SSSR count). The normalized spacial score (nSPS) is 13.5. The Morgan fingerprint density at radius 1 is 0.500 bits per heavy atom. The molecule has 0 saturated heterocycles. The molecule has 0 fully saturated rings. The van der Waals surface area contributed by atoms with Crippen LogP contribution in [-0.4, -0.2) is 70.0 Å². The minimum atomic E-state index is -4.62. The van der Waals surface area contributed by atoms with Crippen LogP contribution in [0.2, 0.25) is 0 Å². The molecule has 10 heteroatoms. The summed E-state index contributed by atoms with van der Waals surface area (Å²) in [6.07, 6.45) is 46.6. The van der Waals surface area contributed by atoms with Crippen molar-refractivity contribution in [3.63, 3.8) is 0 Å². The number of likely N-dealkylation sites (N-methyl/N-ethyl adjacent to an activating group) is 1. The maximum atomic E-state index is 12.7. The van der Waals surface area contributed by atoms with Gasteiger partial charge in [-0.05, 0) is 38.5 Å². The first-order valence-electron chi connectivity index (χ1n) is 25.4. The van der Waals surface area contributed by atoms with Crippen LogP contribution in [0, 0.1) is 0 Å². The van der Waals surface area contributed by atoms with Crippen molar-refractivity contribution in [2.75, 3.05) is 47.5 Å². The van der Waals surface area contributed by atoms with E-state index in [9.17, 15) is 19.0 Å². The third-order valence-corrected chi connectivity index (χ3v) is 12.2. The number of hydrogen-bond acceptors (Lipinski definition) is 8. The fourth-order valence-electron chi connectivity index (χ4n) is 7.30. The minimum absolute atomic E-state index is 0.0277. The van der Waals surface area contributed by atoms with Gasteiger partial charge < -0.3 is 27.9 Å². The predicted molar refractivity (Wildman–Crippen MR) is 250 cm³/mol. The van der Waals surface area contributed by atoms with Crippen LogP contribution in [0.25, 0.3) is 0 Å². The van der Waals surface area contributed by atoms with Crippen LogP contribution >= 0.6 is 7.82 Å². The molecule has 0 radical (unpaired) electrons. The lowest BCUT2D eigenvalue weighted by atomic mass is 10.0. The first-order valence-corrected chi connectivity index (χ1v) is 26.9. The Bertz CT molecular complexity index is 1030. The van der Waals surface area contributed by atoms with Gasteiger partial charge in [-0.3, -0.25) is 14.2 Å². The summed E-state index contributed by atoms with van der Waals surface area (Å²) in [6.45, 7) is 4.27. The lowest BCUT2D eigenvalue weighted by Crippen LogP contribution is -2.37. The molecule has 356 valence electrons. The van der Waals surface area contributed by atoms with Crippen molar-refractivity contribution in [2.45, 2.75) is 251 Å². The third-order valence-electron chi connectivity index (χ3n) is 11.3. The molecular weight excluding hydrogens is 774 g/mol. The highest BCUT2D eigenvalue weighted by Gasteiger charge is 2.21. The number of phosphoric acid groups is 1. The van der Waals surface area contributed by atoms with E-state index in [0.29, 0.717) is 17.4 Å². The zero-order chi connectivity index (χ0) is 44.3. The van der Waals surface area contributed by atoms with E-state index in [1.165, 1.54) is 173 Å². The number of carbonyl (C=O) groups is 2. The van der Waals surface area contributed by atoms with Gasteiger partial charge in [-0.2, -0.15) is 0 Å². The van der Waals surface area contributed by atoms with Crippen molar-refractivity contribution in [3.05, 3.63) is 12.2 Å². The molecule has 0 spiro atoms. The summed E-state index contributed by atoms with van der Waals surface area (Å²) < 4.78 is 34.0. The smallest absolute Gasteiger partial charge is 0.306 e. The summed E-state index contributed by atoms with van der Waals surface area (Å²) in [6, 6.07) is 0. The monoisotopic (exact) mass is 872 g/mol. The Kier molecular flexibility index (Phi) is 42.1. The zero-order valence-electron chi connectivity index (χ0n) is 40.2. The summed E-state index contributed by atoms with van der Waals surface area (Å²) >= 11 is 0. The van der Waals surface area contributed by atoms with Gasteiger partial charge in [-0.25, -0.2) is 0 Å². The maximum absolute atomic E-state index is 12.7. The molecule has 2 atom stereocenters. The quantitative estimate of drug-likeness (QED) is 0.0195. The zero-order valence-corrected chi connectivity index (χ0v) is 41.1. The number of rotatable bonds is 47. The highest BCUT2D eigenvalue weighted by molar-refractivity contribution is 7.45. The number of unbranched alkanes of at least 4 members (excludes halogenated alkanes) is 31. The van der Waals surface area contributed by atoms with Crippen LogP contribution in [0.5, 0.6) is 0 Å². The SMILES string of the molecule is CCCCCCCC/C=C\CCCCCCCCCCCC(=O)OC(COC(=O)CCCCCCCCCCCCCCCCCCC)COP(=O)([O-])OCC[N+](C)(C)C. The van der Waals surface area contributed by atoms with Gasteiger partial charge in [0.25, 0.3) is 7.82 Å². The maximum Gasteiger partial charge on any atom is 0.306 e. The van der Waals surface area contributed by atoms with Crippen molar-refractivity contribution in [1.29, 1.82) is 0 Å². The highest BCUT2D eigenvalue weighted by atomic mass is 31.2. The number of allylic oxidation sites excluding steroid dienone is 2. The van der Waals surface area contributed by atoms with Crippen molar-refractivity contribution in [2.24, 2.45) is 0 Å². The number of phosphoric ester groups is 1. The van der Waals surface area contributed by atoms with Crippen LogP contribution in [0.1, 0.15) is 245 Å². The summed E-state index contributed by atoms with van der Waals surface area (Å²) in [7, 11) is 1.18. The number of carbonyl (C=O) groups excluding carboxylic acids is 2. The van der Waals surface area contributed by atoms with Crippen LogP contribution in [-0.2, 0) is 32.7 Å². The van der Waals surface area contributed by atoms with Crippen LogP contribution in [0.4, 0.5) is 0 Å². The molecular formula is C50H98NO8P. The molecule has 2 unspecified atom stereocenters. The predicted octanol–water partition coefficient (Wildman–Crippen LogP) is 14.3. The summed E-state index contributed by atoms with van der Waals surface area (Å²) in [5.74, 6) is -0.822. The van der Waals surface area contributed by atoms with Crippen molar-refractivity contribution < 1.29 is 42.1 Å². The van der Waals surface area contributed by atoms with Crippen LogP contribution in [0.3, 0.4) is 0 Å². The average molecular weight is 872 g/mol. The first kappa shape index (κ1) is 58.8. The number of hydrogen-bond donors (Lipinski definition) is 0. The van der Waals surface area contributed by atoms with Crippen molar-refractivity contribution >= 4 is 19.8 Å². The Morgan fingerprint density at radius 3 is 1.23 bits per heavy atom. The van der Waals surface area contributed by atoms with E-state index >= 15 is 0 Å². The number of ether oxygens (including phenoxy) is 2.